The van der Waals surface area contributed by atoms with Crippen molar-refractivity contribution in [2.24, 2.45) is 0 Å². The third-order valence-corrected chi connectivity index (χ3v) is 4.08. The van der Waals surface area contributed by atoms with Crippen LogP contribution in [0.15, 0.2) is 42.7 Å². The molecule has 114 valence electrons. The Bertz CT molecular complexity index is 673. The zero-order valence-corrected chi connectivity index (χ0v) is 12.0. The Hall–Kier alpha value is -2.63. The van der Waals surface area contributed by atoms with Gasteiger partial charge in [0, 0.05) is 18.0 Å². The van der Waals surface area contributed by atoms with Crippen molar-refractivity contribution >= 4 is 11.9 Å². The number of carbonyl (C=O) groups is 2. The van der Waals surface area contributed by atoms with Gasteiger partial charge in [-0.05, 0) is 49.6 Å². The van der Waals surface area contributed by atoms with Gasteiger partial charge in [-0.15, -0.1) is 0 Å². The fourth-order valence-corrected chi connectivity index (χ4v) is 2.74. The molecule has 1 saturated carbocycles. The quantitative estimate of drug-likeness (QED) is 0.884. The number of nitrogens with zero attached hydrogens (tertiary/aromatic N) is 2. The highest BCUT2D eigenvalue weighted by molar-refractivity contribution is 5.95. The lowest BCUT2D eigenvalue weighted by Crippen LogP contribution is -2.54. The number of carbonyl (C=O) groups excluding carboxylic acids is 1. The van der Waals surface area contributed by atoms with Crippen LogP contribution in [0, 0.1) is 0 Å². The summed E-state index contributed by atoms with van der Waals surface area (Å²) in [5, 5.41) is 16.0. The molecular weight excluding hydrogens is 282 g/mol. The van der Waals surface area contributed by atoms with E-state index in [9.17, 15) is 9.59 Å². The fraction of sp³-hybridized carbons (Fsp3) is 0.312. The van der Waals surface area contributed by atoms with Gasteiger partial charge in [-0.2, -0.15) is 5.10 Å². The largest absolute Gasteiger partial charge is 0.481 e. The summed E-state index contributed by atoms with van der Waals surface area (Å²) in [5.41, 5.74) is 0.807. The highest BCUT2D eigenvalue weighted by Gasteiger charge is 2.40. The van der Waals surface area contributed by atoms with Crippen LogP contribution in [0.5, 0.6) is 0 Å². The Balaban J connectivity index is 1.71. The summed E-state index contributed by atoms with van der Waals surface area (Å²) < 4.78 is 1.71. The van der Waals surface area contributed by atoms with Gasteiger partial charge in [0.25, 0.3) is 5.91 Å². The molecule has 0 radical (unpaired) electrons. The van der Waals surface area contributed by atoms with Gasteiger partial charge >= 0.3 is 5.97 Å². The van der Waals surface area contributed by atoms with Gasteiger partial charge in [0.1, 0.15) is 0 Å². The van der Waals surface area contributed by atoms with Crippen molar-refractivity contribution in [1.29, 1.82) is 0 Å². The summed E-state index contributed by atoms with van der Waals surface area (Å²) in [7, 11) is 0. The van der Waals surface area contributed by atoms with Gasteiger partial charge in [0.15, 0.2) is 0 Å². The average Bonchev–Trinajstić information content (AvgIpc) is 2.98. The Kier molecular flexibility index (Phi) is 3.66. The van der Waals surface area contributed by atoms with Crippen molar-refractivity contribution in [2.75, 3.05) is 0 Å². The minimum atomic E-state index is -0.881. The van der Waals surface area contributed by atoms with Gasteiger partial charge in [-0.25, -0.2) is 4.68 Å². The molecule has 6 nitrogen and oxygen atoms in total. The second-order valence-corrected chi connectivity index (χ2v) is 5.66. The molecule has 0 atom stereocenters. The first-order chi connectivity index (χ1) is 10.6. The van der Waals surface area contributed by atoms with E-state index in [2.05, 4.69) is 10.4 Å². The van der Waals surface area contributed by atoms with Gasteiger partial charge in [-0.1, -0.05) is 0 Å². The molecule has 1 amide bonds. The van der Waals surface area contributed by atoms with Crippen LogP contribution in [0.25, 0.3) is 5.69 Å². The molecular formula is C16H17N3O3. The lowest BCUT2D eigenvalue weighted by atomic mass is 9.74. The minimum absolute atomic E-state index is 0.0237. The standard InChI is InChI=1S/C16H17N3O3/c20-14(21)11-16(7-1-8-16)18-15(22)12-3-5-13(6-4-12)19-10-2-9-17-19/h2-6,9-10H,1,7-8,11H2,(H,18,22)(H,20,21). The van der Waals surface area contributed by atoms with E-state index in [1.54, 1.807) is 23.0 Å². The molecule has 0 aliphatic heterocycles. The zero-order chi connectivity index (χ0) is 15.6. The van der Waals surface area contributed by atoms with Gasteiger partial charge in [0.05, 0.1) is 17.6 Å². The second kappa shape index (κ2) is 5.63. The molecule has 0 unspecified atom stereocenters. The van der Waals surface area contributed by atoms with Crippen LogP contribution in [0.4, 0.5) is 0 Å². The summed E-state index contributed by atoms with van der Waals surface area (Å²) in [6, 6.07) is 8.89. The van der Waals surface area contributed by atoms with Crippen molar-refractivity contribution in [3.05, 3.63) is 48.3 Å². The molecule has 0 bridgehead atoms. The summed E-state index contributed by atoms with van der Waals surface area (Å²) >= 11 is 0. The number of carboxylic acids is 1. The number of aromatic nitrogens is 2. The number of aliphatic carboxylic acids is 1. The summed E-state index contributed by atoms with van der Waals surface area (Å²) in [6.45, 7) is 0. The molecule has 0 spiro atoms. The number of hydrogen-bond acceptors (Lipinski definition) is 3. The van der Waals surface area contributed by atoms with E-state index >= 15 is 0 Å². The van der Waals surface area contributed by atoms with Crippen molar-refractivity contribution < 1.29 is 14.7 Å². The van der Waals surface area contributed by atoms with Crippen molar-refractivity contribution in [3.8, 4) is 5.69 Å². The number of amides is 1. The molecule has 3 rings (SSSR count). The van der Waals surface area contributed by atoms with E-state index in [1.807, 2.05) is 24.4 Å². The first-order valence-corrected chi connectivity index (χ1v) is 7.22. The topological polar surface area (TPSA) is 84.2 Å². The third kappa shape index (κ3) is 2.86. The molecule has 2 N–H and O–H groups in total. The Morgan fingerprint density at radius 1 is 1.27 bits per heavy atom. The lowest BCUT2D eigenvalue weighted by molar-refractivity contribution is -0.139. The Morgan fingerprint density at radius 3 is 2.50 bits per heavy atom. The number of hydrogen-bond donors (Lipinski definition) is 2. The van der Waals surface area contributed by atoms with Crippen LogP contribution in [-0.2, 0) is 4.79 Å². The first-order valence-electron chi connectivity index (χ1n) is 7.22. The maximum atomic E-state index is 12.3. The summed E-state index contributed by atoms with van der Waals surface area (Å²) in [6.07, 6.45) is 5.88. The molecule has 1 aliphatic carbocycles. The molecule has 6 heteroatoms. The normalized spacial score (nSPS) is 15.8. The van der Waals surface area contributed by atoms with Crippen LogP contribution in [0.1, 0.15) is 36.0 Å². The predicted molar refractivity (Wildman–Crippen MR) is 79.9 cm³/mol. The van der Waals surface area contributed by atoms with E-state index in [-0.39, 0.29) is 12.3 Å². The number of nitrogens with one attached hydrogen (secondary N) is 1. The number of rotatable bonds is 5. The van der Waals surface area contributed by atoms with Gasteiger partial charge in [0.2, 0.25) is 0 Å². The Morgan fingerprint density at radius 2 is 2.00 bits per heavy atom. The third-order valence-electron chi connectivity index (χ3n) is 4.08. The van der Waals surface area contributed by atoms with Gasteiger partial charge in [-0.3, -0.25) is 9.59 Å². The SMILES string of the molecule is O=C(O)CC1(NC(=O)c2ccc(-n3cccn3)cc2)CCC1. The molecule has 22 heavy (non-hydrogen) atoms. The van der Waals surface area contributed by atoms with Crippen LogP contribution in [0.2, 0.25) is 0 Å². The summed E-state index contributed by atoms with van der Waals surface area (Å²) in [5.74, 6) is -1.11. The van der Waals surface area contributed by atoms with Crippen LogP contribution >= 0.6 is 0 Å². The maximum absolute atomic E-state index is 12.3. The van der Waals surface area contributed by atoms with Crippen molar-refractivity contribution in [2.45, 2.75) is 31.2 Å². The maximum Gasteiger partial charge on any atom is 0.305 e. The minimum Gasteiger partial charge on any atom is -0.481 e. The van der Waals surface area contributed by atoms with E-state index in [0.29, 0.717) is 5.56 Å². The highest BCUT2D eigenvalue weighted by Crippen LogP contribution is 2.35. The molecule has 1 heterocycles. The van der Waals surface area contributed by atoms with E-state index in [1.165, 1.54) is 0 Å². The molecule has 1 aromatic heterocycles. The average molecular weight is 299 g/mol. The first kappa shape index (κ1) is 14.3. The van der Waals surface area contributed by atoms with E-state index in [0.717, 1.165) is 24.9 Å². The smallest absolute Gasteiger partial charge is 0.305 e. The predicted octanol–water partition coefficient (Wildman–Crippen LogP) is 2.00. The molecule has 1 aliphatic rings. The van der Waals surface area contributed by atoms with Crippen LogP contribution in [-0.4, -0.2) is 32.3 Å². The Labute approximate surface area is 127 Å². The van der Waals surface area contributed by atoms with Crippen LogP contribution < -0.4 is 5.32 Å². The van der Waals surface area contributed by atoms with E-state index in [4.69, 9.17) is 5.11 Å². The molecule has 0 saturated heterocycles. The van der Waals surface area contributed by atoms with Gasteiger partial charge < -0.3 is 10.4 Å². The van der Waals surface area contributed by atoms with Crippen LogP contribution in [0.3, 0.4) is 0 Å². The van der Waals surface area contributed by atoms with E-state index < -0.39 is 11.5 Å². The number of benzene rings is 1. The number of carboxylic acid groups (broad SMARTS) is 1. The van der Waals surface area contributed by atoms with Crippen molar-refractivity contribution in [1.82, 2.24) is 15.1 Å². The molecule has 2 aromatic rings. The van der Waals surface area contributed by atoms with Crippen molar-refractivity contribution in [3.63, 3.8) is 0 Å². The highest BCUT2D eigenvalue weighted by atomic mass is 16.4. The molecule has 1 aromatic carbocycles. The monoisotopic (exact) mass is 299 g/mol. The lowest BCUT2D eigenvalue weighted by Gasteiger charge is -2.41. The summed E-state index contributed by atoms with van der Waals surface area (Å²) in [4.78, 5) is 23.2. The molecule has 1 fully saturated rings. The second-order valence-electron chi connectivity index (χ2n) is 5.66. The zero-order valence-electron chi connectivity index (χ0n) is 12.0. The fourth-order valence-electron chi connectivity index (χ4n) is 2.74.